The molecular weight excluding hydrogens is 355 g/mol. The van der Waals surface area contributed by atoms with Gasteiger partial charge in [-0.3, -0.25) is 4.99 Å². The molecule has 0 bridgehead atoms. The van der Waals surface area contributed by atoms with E-state index >= 15 is 0 Å². The fourth-order valence-corrected chi connectivity index (χ4v) is 1.57. The van der Waals surface area contributed by atoms with Gasteiger partial charge in [0.15, 0.2) is 5.96 Å². The Morgan fingerprint density at radius 1 is 1.29 bits per heavy atom. The van der Waals surface area contributed by atoms with Crippen molar-refractivity contribution in [3.05, 3.63) is 0 Å². The number of nitrogens with one attached hydrogen (secondary N) is 3. The third kappa shape index (κ3) is 10.8. The van der Waals surface area contributed by atoms with Gasteiger partial charge in [0.1, 0.15) is 0 Å². The largest absolute Gasteiger partial charge is 0.355 e. The maximum atomic E-state index is 11.1. The van der Waals surface area contributed by atoms with Crippen LogP contribution in [0.4, 0.5) is 0 Å². The predicted molar refractivity (Wildman–Crippen MR) is 82.5 cm³/mol. The van der Waals surface area contributed by atoms with Gasteiger partial charge in [-0.25, -0.2) is 13.1 Å². The highest BCUT2D eigenvalue weighted by atomic mass is 127. The zero-order valence-corrected chi connectivity index (χ0v) is 13.9. The van der Waals surface area contributed by atoms with Crippen LogP contribution in [0.5, 0.6) is 0 Å². The zero-order chi connectivity index (χ0) is 12.6. The topological polar surface area (TPSA) is 82.6 Å². The van der Waals surface area contributed by atoms with Crippen LogP contribution in [-0.4, -0.2) is 46.3 Å². The third-order valence-corrected chi connectivity index (χ3v) is 3.17. The number of hydrogen-bond acceptors (Lipinski definition) is 3. The van der Waals surface area contributed by atoms with Crippen LogP contribution in [0.15, 0.2) is 4.99 Å². The minimum Gasteiger partial charge on any atom is -0.355 e. The number of sulfonamides is 1. The van der Waals surface area contributed by atoms with Gasteiger partial charge in [0.05, 0.1) is 5.75 Å². The molecule has 0 heterocycles. The summed E-state index contributed by atoms with van der Waals surface area (Å²) in [7, 11) is -1.42. The molecule has 0 amide bonds. The smallest absolute Gasteiger partial charge is 0.211 e. The lowest BCUT2D eigenvalue weighted by atomic mass is 10.4. The molecule has 104 valence electrons. The van der Waals surface area contributed by atoms with Crippen molar-refractivity contribution >= 4 is 40.0 Å². The van der Waals surface area contributed by atoms with E-state index in [0.29, 0.717) is 25.1 Å². The highest BCUT2D eigenvalue weighted by Gasteiger charge is 2.05. The second-order valence-corrected chi connectivity index (χ2v) is 5.69. The molecule has 0 aromatic heterocycles. The van der Waals surface area contributed by atoms with Crippen LogP contribution in [0, 0.1) is 0 Å². The fourth-order valence-electron chi connectivity index (χ4n) is 0.958. The van der Waals surface area contributed by atoms with E-state index in [2.05, 4.69) is 20.3 Å². The van der Waals surface area contributed by atoms with Crippen LogP contribution in [0.3, 0.4) is 0 Å². The molecule has 0 aliphatic heterocycles. The number of halogens is 1. The average Bonchev–Trinajstić information content (AvgIpc) is 2.22. The normalized spacial score (nSPS) is 12.2. The van der Waals surface area contributed by atoms with E-state index in [9.17, 15) is 8.42 Å². The predicted octanol–water partition coefficient (Wildman–Crippen LogP) is 0.117. The number of guanidine groups is 1. The second kappa shape index (κ2) is 9.89. The minimum absolute atomic E-state index is 0. The summed E-state index contributed by atoms with van der Waals surface area (Å²) in [6, 6.07) is 0.290. The molecule has 0 aromatic carbocycles. The van der Waals surface area contributed by atoms with Crippen LogP contribution in [-0.2, 0) is 10.0 Å². The van der Waals surface area contributed by atoms with Crippen LogP contribution < -0.4 is 15.4 Å². The molecule has 0 aliphatic rings. The van der Waals surface area contributed by atoms with E-state index in [1.54, 1.807) is 14.0 Å². The highest BCUT2D eigenvalue weighted by Crippen LogP contribution is 1.80. The molecule has 0 saturated carbocycles. The number of hydrogen-bond donors (Lipinski definition) is 3. The Labute approximate surface area is 121 Å². The first-order valence-corrected chi connectivity index (χ1v) is 7.01. The Morgan fingerprint density at radius 2 is 1.88 bits per heavy atom. The van der Waals surface area contributed by atoms with Crippen molar-refractivity contribution < 1.29 is 8.42 Å². The lowest BCUT2D eigenvalue weighted by Gasteiger charge is -2.14. The molecule has 0 rings (SSSR count). The average molecular weight is 378 g/mol. The Hall–Kier alpha value is -0.0900. The standard InChI is InChI=1S/C9H22N4O2S.HI/c1-5-16(14,15)12-7-6-11-9(10-4)13-8(2)3;/h8,12H,5-7H2,1-4H3,(H2,10,11,13);1H. The van der Waals surface area contributed by atoms with Crippen molar-refractivity contribution in [2.75, 3.05) is 25.9 Å². The first kappa shape index (κ1) is 19.3. The van der Waals surface area contributed by atoms with Gasteiger partial charge in [-0.1, -0.05) is 0 Å². The van der Waals surface area contributed by atoms with Gasteiger partial charge in [0.2, 0.25) is 10.0 Å². The van der Waals surface area contributed by atoms with Crippen molar-refractivity contribution in [1.29, 1.82) is 0 Å². The van der Waals surface area contributed by atoms with E-state index < -0.39 is 10.0 Å². The van der Waals surface area contributed by atoms with Gasteiger partial charge in [-0.15, -0.1) is 24.0 Å². The summed E-state index contributed by atoms with van der Waals surface area (Å²) < 4.78 is 24.7. The molecule has 0 saturated heterocycles. The van der Waals surface area contributed by atoms with Gasteiger partial charge < -0.3 is 10.6 Å². The lowest BCUT2D eigenvalue weighted by Crippen LogP contribution is -2.44. The summed E-state index contributed by atoms with van der Waals surface area (Å²) >= 11 is 0. The summed E-state index contributed by atoms with van der Waals surface area (Å²) in [5.74, 6) is 0.775. The van der Waals surface area contributed by atoms with E-state index in [0.717, 1.165) is 0 Å². The Bertz CT molecular complexity index is 317. The molecule has 0 radical (unpaired) electrons. The van der Waals surface area contributed by atoms with Crippen LogP contribution >= 0.6 is 24.0 Å². The molecule has 0 fully saturated rings. The molecule has 3 N–H and O–H groups in total. The van der Waals surface area contributed by atoms with Gasteiger partial charge in [-0.05, 0) is 20.8 Å². The Morgan fingerprint density at radius 3 is 2.29 bits per heavy atom. The highest BCUT2D eigenvalue weighted by molar-refractivity contribution is 14.0. The monoisotopic (exact) mass is 378 g/mol. The Balaban J connectivity index is 0. The summed E-state index contributed by atoms with van der Waals surface area (Å²) in [4.78, 5) is 4.00. The van der Waals surface area contributed by atoms with E-state index in [-0.39, 0.29) is 29.7 Å². The number of rotatable bonds is 6. The van der Waals surface area contributed by atoms with E-state index in [1.807, 2.05) is 13.8 Å². The van der Waals surface area contributed by atoms with Gasteiger partial charge in [-0.2, -0.15) is 0 Å². The second-order valence-electron chi connectivity index (χ2n) is 3.60. The molecular formula is C9H23IN4O2S. The van der Waals surface area contributed by atoms with E-state index in [1.165, 1.54) is 0 Å². The van der Waals surface area contributed by atoms with Gasteiger partial charge in [0, 0.05) is 26.2 Å². The van der Waals surface area contributed by atoms with Crippen molar-refractivity contribution in [2.24, 2.45) is 4.99 Å². The molecule has 17 heavy (non-hydrogen) atoms. The molecule has 0 unspecified atom stereocenters. The summed E-state index contributed by atoms with van der Waals surface area (Å²) in [5.41, 5.74) is 0. The summed E-state index contributed by atoms with van der Waals surface area (Å²) in [6.07, 6.45) is 0. The Kier molecular flexibility index (Phi) is 11.2. The molecule has 6 nitrogen and oxygen atoms in total. The third-order valence-electron chi connectivity index (χ3n) is 1.77. The first-order chi connectivity index (χ1) is 7.41. The molecule has 0 aromatic rings. The van der Waals surface area contributed by atoms with Gasteiger partial charge in [0.25, 0.3) is 0 Å². The zero-order valence-electron chi connectivity index (χ0n) is 10.8. The maximum absolute atomic E-state index is 11.1. The quantitative estimate of drug-likeness (QED) is 0.265. The van der Waals surface area contributed by atoms with E-state index in [4.69, 9.17) is 0 Å². The lowest BCUT2D eigenvalue weighted by molar-refractivity contribution is 0.581. The van der Waals surface area contributed by atoms with Crippen LogP contribution in [0.2, 0.25) is 0 Å². The van der Waals surface area contributed by atoms with Crippen molar-refractivity contribution in [2.45, 2.75) is 26.8 Å². The van der Waals surface area contributed by atoms with Crippen LogP contribution in [0.1, 0.15) is 20.8 Å². The molecule has 0 atom stereocenters. The maximum Gasteiger partial charge on any atom is 0.211 e. The van der Waals surface area contributed by atoms with Crippen molar-refractivity contribution in [3.8, 4) is 0 Å². The minimum atomic E-state index is -3.10. The number of nitrogens with zero attached hydrogens (tertiary/aromatic N) is 1. The first-order valence-electron chi connectivity index (χ1n) is 5.35. The van der Waals surface area contributed by atoms with Gasteiger partial charge >= 0.3 is 0 Å². The summed E-state index contributed by atoms with van der Waals surface area (Å²) in [5, 5.41) is 6.11. The molecule has 0 aliphatic carbocycles. The molecule has 8 heteroatoms. The van der Waals surface area contributed by atoms with Crippen LogP contribution in [0.25, 0.3) is 0 Å². The fraction of sp³-hybridized carbons (Fsp3) is 0.889. The van der Waals surface area contributed by atoms with Crippen molar-refractivity contribution in [1.82, 2.24) is 15.4 Å². The molecule has 0 spiro atoms. The summed E-state index contributed by atoms with van der Waals surface area (Å²) in [6.45, 7) is 6.48. The number of aliphatic imine (C=N–C) groups is 1. The SMILES string of the molecule is CCS(=O)(=O)NCCNC(=NC)NC(C)C.I. The van der Waals surface area contributed by atoms with Crippen molar-refractivity contribution in [3.63, 3.8) is 0 Å².